The van der Waals surface area contributed by atoms with Crippen LogP contribution >= 0.6 is 11.3 Å². The van der Waals surface area contributed by atoms with Gasteiger partial charge >= 0.3 is 0 Å². The molecule has 18 heavy (non-hydrogen) atoms. The molecule has 2 aromatic heterocycles. The van der Waals surface area contributed by atoms with Crippen LogP contribution in [0, 0.1) is 0 Å². The van der Waals surface area contributed by atoms with E-state index in [1.54, 1.807) is 0 Å². The summed E-state index contributed by atoms with van der Waals surface area (Å²) in [5.41, 5.74) is 4.03. The first-order chi connectivity index (χ1) is 8.86. The maximum atomic E-state index is 4.48. The van der Waals surface area contributed by atoms with Crippen LogP contribution in [0.15, 0.2) is 29.8 Å². The number of fused-ring (bicyclic) bond motifs is 1. The Balaban J connectivity index is 1.77. The van der Waals surface area contributed by atoms with Crippen LogP contribution in [-0.2, 0) is 19.3 Å². The molecule has 1 N–H and O–H groups in total. The lowest BCUT2D eigenvalue weighted by Crippen LogP contribution is -2.29. The summed E-state index contributed by atoms with van der Waals surface area (Å²) in [4.78, 5) is 6.00. The smallest absolute Gasteiger partial charge is 0.0459 e. The highest BCUT2D eigenvalue weighted by atomic mass is 32.1. The molecule has 2 nitrogen and oxygen atoms in total. The molecule has 0 spiro atoms. The second kappa shape index (κ2) is 5.21. The molecule has 0 amide bonds. The molecule has 3 heteroatoms. The first-order valence-electron chi connectivity index (χ1n) is 6.60. The Morgan fingerprint density at radius 3 is 3.11 bits per heavy atom. The third-order valence-electron chi connectivity index (χ3n) is 3.57. The van der Waals surface area contributed by atoms with Crippen molar-refractivity contribution in [1.29, 1.82) is 0 Å². The van der Waals surface area contributed by atoms with E-state index in [1.165, 1.54) is 28.1 Å². The highest BCUT2D eigenvalue weighted by Crippen LogP contribution is 2.30. The van der Waals surface area contributed by atoms with Crippen LogP contribution in [0.1, 0.15) is 34.7 Å². The minimum absolute atomic E-state index is 0.475. The summed E-state index contributed by atoms with van der Waals surface area (Å²) >= 11 is 1.88. The van der Waals surface area contributed by atoms with E-state index in [9.17, 15) is 0 Å². The predicted molar refractivity (Wildman–Crippen MR) is 76.1 cm³/mol. The Morgan fingerprint density at radius 2 is 2.33 bits per heavy atom. The molecule has 0 saturated heterocycles. The quantitative estimate of drug-likeness (QED) is 0.915. The molecule has 1 unspecified atom stereocenters. The molecule has 0 bridgehead atoms. The topological polar surface area (TPSA) is 24.9 Å². The van der Waals surface area contributed by atoms with Crippen LogP contribution in [-0.4, -0.2) is 11.5 Å². The first-order valence-corrected chi connectivity index (χ1v) is 7.48. The second-order valence-electron chi connectivity index (χ2n) is 4.78. The summed E-state index contributed by atoms with van der Waals surface area (Å²) in [6, 6.07) is 7.11. The number of hydrogen-bond acceptors (Lipinski definition) is 3. The van der Waals surface area contributed by atoms with Gasteiger partial charge in [-0.2, -0.15) is 0 Å². The van der Waals surface area contributed by atoms with Crippen LogP contribution in [0.25, 0.3) is 0 Å². The summed E-state index contributed by atoms with van der Waals surface area (Å²) in [6.07, 6.45) is 5.26. The zero-order valence-electron chi connectivity index (χ0n) is 10.6. The molecule has 0 saturated carbocycles. The number of aryl methyl sites for hydroxylation is 1. The molecule has 3 rings (SSSR count). The fourth-order valence-corrected chi connectivity index (χ4v) is 3.55. The molecule has 94 valence electrons. The van der Waals surface area contributed by atoms with Gasteiger partial charge in [0.15, 0.2) is 0 Å². The lowest BCUT2D eigenvalue weighted by Gasteiger charge is -2.24. The van der Waals surface area contributed by atoms with Gasteiger partial charge in [-0.25, -0.2) is 0 Å². The number of thiophene rings is 1. The molecule has 0 fully saturated rings. The number of aromatic nitrogens is 1. The summed E-state index contributed by atoms with van der Waals surface area (Å²) < 4.78 is 0. The summed E-state index contributed by atoms with van der Waals surface area (Å²) in [5, 5.41) is 5.83. The van der Waals surface area contributed by atoms with Crippen molar-refractivity contribution in [1.82, 2.24) is 10.3 Å². The maximum Gasteiger partial charge on any atom is 0.0459 e. The van der Waals surface area contributed by atoms with E-state index in [4.69, 9.17) is 0 Å². The Bertz CT molecular complexity index is 516. The van der Waals surface area contributed by atoms with Crippen LogP contribution in [0.4, 0.5) is 0 Å². The van der Waals surface area contributed by atoms with Crippen molar-refractivity contribution in [2.24, 2.45) is 0 Å². The van der Waals surface area contributed by atoms with Gasteiger partial charge in [0.2, 0.25) is 0 Å². The summed E-state index contributed by atoms with van der Waals surface area (Å²) in [6.45, 7) is 3.23. The highest BCUT2D eigenvalue weighted by Gasteiger charge is 2.20. The molecular weight excluding hydrogens is 240 g/mol. The van der Waals surface area contributed by atoms with Gasteiger partial charge in [-0.1, -0.05) is 13.0 Å². The lowest BCUT2D eigenvalue weighted by molar-refractivity contribution is 0.511. The Kier molecular flexibility index (Phi) is 3.43. The number of nitrogens with one attached hydrogen (secondary N) is 1. The van der Waals surface area contributed by atoms with Gasteiger partial charge in [-0.05, 0) is 54.4 Å². The fourth-order valence-electron chi connectivity index (χ4n) is 2.52. The van der Waals surface area contributed by atoms with Crippen molar-refractivity contribution < 1.29 is 0 Å². The van der Waals surface area contributed by atoms with E-state index < -0.39 is 0 Å². The van der Waals surface area contributed by atoms with E-state index in [0.717, 1.165) is 19.4 Å². The number of hydrogen-bond donors (Lipinski definition) is 1. The van der Waals surface area contributed by atoms with Gasteiger partial charge in [-0.3, -0.25) is 4.98 Å². The monoisotopic (exact) mass is 258 g/mol. The SMILES string of the molecule is CCc1ccc(CC2NCCc3ccsc32)cn1. The standard InChI is InChI=1S/C15H18N2S/c1-2-13-4-3-11(10-17-13)9-14-15-12(5-7-16-14)6-8-18-15/h3-4,6,8,10,14,16H,2,5,7,9H2,1H3. The van der Waals surface area contributed by atoms with Crippen molar-refractivity contribution in [2.45, 2.75) is 32.2 Å². The third kappa shape index (κ3) is 2.33. The van der Waals surface area contributed by atoms with Crippen LogP contribution in [0.5, 0.6) is 0 Å². The van der Waals surface area contributed by atoms with Crippen molar-refractivity contribution in [3.63, 3.8) is 0 Å². The van der Waals surface area contributed by atoms with E-state index >= 15 is 0 Å². The van der Waals surface area contributed by atoms with Gasteiger partial charge in [-0.15, -0.1) is 11.3 Å². The van der Waals surface area contributed by atoms with Gasteiger partial charge in [0.1, 0.15) is 0 Å². The second-order valence-corrected chi connectivity index (χ2v) is 5.73. The summed E-state index contributed by atoms with van der Waals surface area (Å²) in [7, 11) is 0. The van der Waals surface area contributed by atoms with E-state index in [2.05, 4.69) is 40.8 Å². The molecule has 1 atom stereocenters. The Hall–Kier alpha value is -1.19. The molecule has 0 radical (unpaired) electrons. The molecule has 0 aromatic carbocycles. The van der Waals surface area contributed by atoms with Crippen molar-refractivity contribution >= 4 is 11.3 Å². The molecule has 2 aromatic rings. The van der Waals surface area contributed by atoms with Gasteiger partial charge < -0.3 is 5.32 Å². The van der Waals surface area contributed by atoms with Gasteiger partial charge in [0.05, 0.1) is 0 Å². The first kappa shape index (κ1) is 11.9. The molecular formula is C15H18N2S. The van der Waals surface area contributed by atoms with Gasteiger partial charge in [0.25, 0.3) is 0 Å². The van der Waals surface area contributed by atoms with Crippen molar-refractivity contribution in [2.75, 3.05) is 6.54 Å². The minimum Gasteiger partial charge on any atom is -0.309 e. The predicted octanol–water partition coefficient (Wildman–Crippen LogP) is 3.14. The Labute approximate surface area is 112 Å². The zero-order valence-corrected chi connectivity index (χ0v) is 11.5. The lowest BCUT2D eigenvalue weighted by atomic mass is 9.98. The van der Waals surface area contributed by atoms with Crippen LogP contribution in [0.2, 0.25) is 0 Å². The van der Waals surface area contributed by atoms with Crippen LogP contribution in [0.3, 0.4) is 0 Å². The number of pyridine rings is 1. The zero-order chi connectivity index (χ0) is 12.4. The average molecular weight is 258 g/mol. The molecule has 3 heterocycles. The van der Waals surface area contributed by atoms with E-state index in [-0.39, 0.29) is 0 Å². The molecule has 1 aliphatic heterocycles. The highest BCUT2D eigenvalue weighted by molar-refractivity contribution is 7.10. The van der Waals surface area contributed by atoms with Crippen molar-refractivity contribution in [3.05, 3.63) is 51.5 Å². The minimum atomic E-state index is 0.475. The molecule has 1 aliphatic rings. The third-order valence-corrected chi connectivity index (χ3v) is 4.64. The van der Waals surface area contributed by atoms with Crippen LogP contribution < -0.4 is 5.32 Å². The van der Waals surface area contributed by atoms with E-state index in [1.807, 2.05) is 17.5 Å². The fraction of sp³-hybridized carbons (Fsp3) is 0.400. The average Bonchev–Trinajstić information content (AvgIpc) is 2.89. The summed E-state index contributed by atoms with van der Waals surface area (Å²) in [5.74, 6) is 0. The Morgan fingerprint density at radius 1 is 1.39 bits per heavy atom. The van der Waals surface area contributed by atoms with E-state index in [0.29, 0.717) is 6.04 Å². The number of rotatable bonds is 3. The number of nitrogens with zero attached hydrogens (tertiary/aromatic N) is 1. The maximum absolute atomic E-state index is 4.48. The van der Waals surface area contributed by atoms with Gasteiger partial charge in [0, 0.05) is 22.8 Å². The van der Waals surface area contributed by atoms with Crippen molar-refractivity contribution in [3.8, 4) is 0 Å². The molecule has 0 aliphatic carbocycles. The largest absolute Gasteiger partial charge is 0.309 e. The normalized spacial score (nSPS) is 18.6.